The van der Waals surface area contributed by atoms with Gasteiger partial charge in [-0.3, -0.25) is 9.63 Å². The van der Waals surface area contributed by atoms with E-state index in [1.54, 1.807) is 0 Å². The summed E-state index contributed by atoms with van der Waals surface area (Å²) in [6, 6.07) is 3.93. The molecule has 1 unspecified atom stereocenters. The Bertz CT molecular complexity index is 424. The van der Waals surface area contributed by atoms with Crippen LogP contribution in [-0.2, 0) is 4.84 Å². The number of nitrogen functional groups attached to an aromatic ring is 1. The Labute approximate surface area is 105 Å². The number of aliphatic hydroxyl groups is 1. The summed E-state index contributed by atoms with van der Waals surface area (Å²) in [6.07, 6.45) is -0.685. The number of carbonyl (C=O) groups excluding carboxylic acids is 1. The molecule has 0 saturated heterocycles. The van der Waals surface area contributed by atoms with E-state index in [1.165, 1.54) is 12.1 Å². The van der Waals surface area contributed by atoms with Crippen LogP contribution >= 0.6 is 0 Å². The number of rotatable bonds is 5. The van der Waals surface area contributed by atoms with Gasteiger partial charge in [0.25, 0.3) is 5.91 Å². The third-order valence-electron chi connectivity index (χ3n) is 2.49. The van der Waals surface area contributed by atoms with Crippen LogP contribution in [0, 0.1) is 11.7 Å². The first kappa shape index (κ1) is 14.4. The molecule has 0 aromatic heterocycles. The fraction of sp³-hybridized carbons (Fsp3) is 0.417. The standard InChI is InChI=1S/C12H17FN2O3/c1-7(2)10(16)6-18-15-12(17)8-4-3-5-9(13)11(8)14/h3-5,7,10,16H,6,14H2,1-2H3,(H,15,17). The van der Waals surface area contributed by atoms with E-state index in [0.29, 0.717) is 0 Å². The van der Waals surface area contributed by atoms with Gasteiger partial charge in [0, 0.05) is 0 Å². The second-order valence-electron chi connectivity index (χ2n) is 4.25. The minimum absolute atomic E-state index is 0.00552. The van der Waals surface area contributed by atoms with E-state index in [1.807, 2.05) is 13.8 Å². The van der Waals surface area contributed by atoms with Crippen molar-refractivity contribution in [3.05, 3.63) is 29.6 Å². The minimum Gasteiger partial charge on any atom is -0.396 e. The highest BCUT2D eigenvalue weighted by molar-refractivity contribution is 5.98. The van der Waals surface area contributed by atoms with Crippen LogP contribution < -0.4 is 11.2 Å². The van der Waals surface area contributed by atoms with E-state index in [-0.39, 0.29) is 23.8 Å². The van der Waals surface area contributed by atoms with Gasteiger partial charge >= 0.3 is 0 Å². The van der Waals surface area contributed by atoms with Gasteiger partial charge in [-0.2, -0.15) is 0 Å². The quantitative estimate of drug-likeness (QED) is 0.544. The molecular formula is C12H17FN2O3. The molecular weight excluding hydrogens is 239 g/mol. The normalized spacial score (nSPS) is 12.5. The van der Waals surface area contributed by atoms with Crippen molar-refractivity contribution in [3.63, 3.8) is 0 Å². The van der Waals surface area contributed by atoms with Gasteiger partial charge in [0.05, 0.1) is 17.4 Å². The molecule has 0 fully saturated rings. The average molecular weight is 256 g/mol. The van der Waals surface area contributed by atoms with Gasteiger partial charge in [0.2, 0.25) is 0 Å². The SMILES string of the molecule is CC(C)C(O)CONC(=O)c1cccc(F)c1N. The Balaban J connectivity index is 2.54. The summed E-state index contributed by atoms with van der Waals surface area (Å²) in [5.74, 6) is -1.30. The van der Waals surface area contributed by atoms with Gasteiger partial charge in [-0.25, -0.2) is 9.87 Å². The Morgan fingerprint density at radius 2 is 2.22 bits per heavy atom. The third-order valence-corrected chi connectivity index (χ3v) is 2.49. The third kappa shape index (κ3) is 3.68. The van der Waals surface area contributed by atoms with Crippen molar-refractivity contribution in [1.82, 2.24) is 5.48 Å². The Morgan fingerprint density at radius 1 is 1.56 bits per heavy atom. The van der Waals surface area contributed by atoms with E-state index in [9.17, 15) is 14.3 Å². The number of hydrogen-bond donors (Lipinski definition) is 3. The lowest BCUT2D eigenvalue weighted by Gasteiger charge is -2.14. The van der Waals surface area contributed by atoms with Gasteiger partial charge in [0.15, 0.2) is 0 Å². The van der Waals surface area contributed by atoms with E-state index in [0.717, 1.165) is 6.07 Å². The largest absolute Gasteiger partial charge is 0.396 e. The van der Waals surface area contributed by atoms with Gasteiger partial charge in [0.1, 0.15) is 12.4 Å². The predicted octanol–water partition coefficient (Wildman–Crippen LogP) is 1.09. The van der Waals surface area contributed by atoms with E-state index >= 15 is 0 Å². The van der Waals surface area contributed by atoms with Crippen molar-refractivity contribution in [2.45, 2.75) is 20.0 Å². The molecule has 0 bridgehead atoms. The summed E-state index contributed by atoms with van der Waals surface area (Å²) < 4.78 is 13.1. The fourth-order valence-electron chi connectivity index (χ4n) is 1.18. The van der Waals surface area contributed by atoms with Crippen molar-refractivity contribution in [3.8, 4) is 0 Å². The molecule has 1 atom stereocenters. The Hall–Kier alpha value is -1.66. The van der Waals surface area contributed by atoms with Crippen LogP contribution in [-0.4, -0.2) is 23.7 Å². The van der Waals surface area contributed by atoms with Crippen LogP contribution in [0.15, 0.2) is 18.2 Å². The molecule has 6 heteroatoms. The second kappa shape index (κ2) is 6.32. The number of para-hydroxylation sites is 1. The highest BCUT2D eigenvalue weighted by Crippen LogP contribution is 2.15. The Morgan fingerprint density at radius 3 is 2.83 bits per heavy atom. The summed E-state index contributed by atoms with van der Waals surface area (Å²) in [7, 11) is 0. The first-order chi connectivity index (χ1) is 8.43. The maximum absolute atomic E-state index is 13.1. The zero-order chi connectivity index (χ0) is 13.7. The number of halogens is 1. The molecule has 1 aromatic carbocycles. The topological polar surface area (TPSA) is 84.6 Å². The highest BCUT2D eigenvalue weighted by Gasteiger charge is 2.14. The number of amides is 1. The summed E-state index contributed by atoms with van der Waals surface area (Å²) in [6.45, 7) is 3.60. The van der Waals surface area contributed by atoms with Gasteiger partial charge in [-0.15, -0.1) is 0 Å². The molecule has 0 spiro atoms. The van der Waals surface area contributed by atoms with Crippen LogP contribution in [0.3, 0.4) is 0 Å². The van der Waals surface area contributed by atoms with Gasteiger partial charge in [-0.05, 0) is 18.1 Å². The molecule has 100 valence electrons. The van der Waals surface area contributed by atoms with Crippen LogP contribution in [0.5, 0.6) is 0 Å². The number of anilines is 1. The maximum Gasteiger partial charge on any atom is 0.277 e. The Kier molecular flexibility index (Phi) is 5.06. The zero-order valence-corrected chi connectivity index (χ0v) is 10.3. The molecule has 18 heavy (non-hydrogen) atoms. The minimum atomic E-state index is -0.685. The summed E-state index contributed by atoms with van der Waals surface area (Å²) >= 11 is 0. The molecule has 1 amide bonds. The van der Waals surface area contributed by atoms with Crippen molar-refractivity contribution in [2.75, 3.05) is 12.3 Å². The number of aliphatic hydroxyl groups excluding tert-OH is 1. The number of nitrogens with two attached hydrogens (primary N) is 1. The summed E-state index contributed by atoms with van der Waals surface area (Å²) in [4.78, 5) is 16.4. The average Bonchev–Trinajstić information content (AvgIpc) is 2.32. The zero-order valence-electron chi connectivity index (χ0n) is 10.3. The number of benzene rings is 1. The lowest BCUT2D eigenvalue weighted by molar-refractivity contribution is -0.0268. The van der Waals surface area contributed by atoms with Crippen LogP contribution in [0.25, 0.3) is 0 Å². The van der Waals surface area contributed by atoms with Crippen molar-refractivity contribution >= 4 is 11.6 Å². The number of carbonyl (C=O) groups is 1. The van der Waals surface area contributed by atoms with E-state index in [2.05, 4.69) is 5.48 Å². The molecule has 1 rings (SSSR count). The lowest BCUT2D eigenvalue weighted by atomic mass is 10.1. The first-order valence-corrected chi connectivity index (χ1v) is 5.57. The van der Waals surface area contributed by atoms with Gasteiger partial charge in [-0.1, -0.05) is 19.9 Å². The number of nitrogens with one attached hydrogen (secondary N) is 1. The first-order valence-electron chi connectivity index (χ1n) is 5.57. The molecule has 0 radical (unpaired) electrons. The molecule has 0 aliphatic carbocycles. The smallest absolute Gasteiger partial charge is 0.277 e. The van der Waals surface area contributed by atoms with Crippen molar-refractivity contribution in [2.24, 2.45) is 5.92 Å². The molecule has 1 aromatic rings. The van der Waals surface area contributed by atoms with Crippen LogP contribution in [0.1, 0.15) is 24.2 Å². The maximum atomic E-state index is 13.1. The van der Waals surface area contributed by atoms with Crippen LogP contribution in [0.2, 0.25) is 0 Å². The second-order valence-corrected chi connectivity index (χ2v) is 4.25. The van der Waals surface area contributed by atoms with Crippen molar-refractivity contribution < 1.29 is 19.1 Å². The molecule has 5 nitrogen and oxygen atoms in total. The molecule has 0 heterocycles. The summed E-state index contributed by atoms with van der Waals surface area (Å²) in [5.41, 5.74) is 7.29. The van der Waals surface area contributed by atoms with Crippen molar-refractivity contribution in [1.29, 1.82) is 0 Å². The monoisotopic (exact) mass is 256 g/mol. The molecule has 0 aliphatic rings. The number of hydrogen-bond acceptors (Lipinski definition) is 4. The van der Waals surface area contributed by atoms with Gasteiger partial charge < -0.3 is 10.8 Å². The summed E-state index contributed by atoms with van der Waals surface area (Å²) in [5, 5.41) is 9.45. The molecule has 0 saturated carbocycles. The highest BCUT2D eigenvalue weighted by atomic mass is 19.1. The van der Waals surface area contributed by atoms with E-state index in [4.69, 9.17) is 10.6 Å². The number of hydroxylamine groups is 1. The predicted molar refractivity (Wildman–Crippen MR) is 65.1 cm³/mol. The molecule has 0 aliphatic heterocycles. The van der Waals surface area contributed by atoms with Crippen LogP contribution in [0.4, 0.5) is 10.1 Å². The fourth-order valence-corrected chi connectivity index (χ4v) is 1.18. The van der Waals surface area contributed by atoms with E-state index < -0.39 is 17.8 Å². The molecule has 4 N–H and O–H groups in total. The lowest BCUT2D eigenvalue weighted by Crippen LogP contribution is -2.31.